The molecule has 0 fully saturated rings. The van der Waals surface area contributed by atoms with Crippen LogP contribution in [0, 0.1) is 0 Å². The lowest BCUT2D eigenvalue weighted by atomic mass is 10.2. The number of benzene rings is 2. The summed E-state index contributed by atoms with van der Waals surface area (Å²) in [4.78, 5) is 21.7. The third-order valence-corrected chi connectivity index (χ3v) is 2.97. The minimum Gasteiger partial charge on any atom is -0.489 e. The minimum absolute atomic E-state index is 0.393. The Morgan fingerprint density at radius 1 is 1.04 bits per heavy atom. The van der Waals surface area contributed by atoms with E-state index in [1.54, 1.807) is 6.08 Å². The van der Waals surface area contributed by atoms with E-state index < -0.39 is 18.4 Å². The number of amides is 1. The van der Waals surface area contributed by atoms with Crippen LogP contribution in [0.25, 0.3) is 6.08 Å². The molecule has 0 saturated heterocycles. The van der Waals surface area contributed by atoms with Crippen LogP contribution in [0.1, 0.15) is 11.1 Å². The van der Waals surface area contributed by atoms with Gasteiger partial charge in [-0.05, 0) is 29.3 Å². The van der Waals surface area contributed by atoms with Crippen molar-refractivity contribution in [2.24, 2.45) is 0 Å². The van der Waals surface area contributed by atoms with E-state index in [1.165, 1.54) is 6.08 Å². The van der Waals surface area contributed by atoms with Gasteiger partial charge in [0.25, 0.3) is 0 Å². The normalized spacial score (nSPS) is 10.4. The molecule has 0 heterocycles. The number of aliphatic carboxylic acids is 1. The quantitative estimate of drug-likeness (QED) is 0.770. The number of nitrogens with one attached hydrogen (secondary N) is 1. The summed E-state index contributed by atoms with van der Waals surface area (Å²) in [5.74, 6) is -0.787. The largest absolute Gasteiger partial charge is 0.489 e. The summed E-state index contributed by atoms with van der Waals surface area (Å²) < 4.78 is 5.67. The number of carboxylic acids is 1. The predicted molar refractivity (Wildman–Crippen MR) is 86.9 cm³/mol. The van der Waals surface area contributed by atoms with Crippen LogP contribution in [0.4, 0.5) is 0 Å². The van der Waals surface area contributed by atoms with E-state index in [2.05, 4.69) is 5.32 Å². The minimum atomic E-state index is -1.08. The highest BCUT2D eigenvalue weighted by Gasteiger charge is 1.99. The molecule has 118 valence electrons. The van der Waals surface area contributed by atoms with Gasteiger partial charge in [0.1, 0.15) is 18.9 Å². The number of ether oxygens (including phenoxy) is 1. The summed E-state index contributed by atoms with van der Waals surface area (Å²) in [5, 5.41) is 10.7. The van der Waals surface area contributed by atoms with Crippen LogP contribution < -0.4 is 10.1 Å². The highest BCUT2D eigenvalue weighted by atomic mass is 16.5. The Kier molecular flexibility index (Phi) is 5.94. The monoisotopic (exact) mass is 311 g/mol. The molecule has 0 saturated carbocycles. The summed E-state index contributed by atoms with van der Waals surface area (Å²) in [5.41, 5.74) is 1.91. The molecule has 0 atom stereocenters. The van der Waals surface area contributed by atoms with Crippen LogP contribution in [0.5, 0.6) is 5.75 Å². The topological polar surface area (TPSA) is 75.6 Å². The average molecular weight is 311 g/mol. The van der Waals surface area contributed by atoms with Crippen molar-refractivity contribution < 1.29 is 19.4 Å². The van der Waals surface area contributed by atoms with Crippen molar-refractivity contribution in [2.45, 2.75) is 6.61 Å². The number of carboxylic acid groups (broad SMARTS) is 1. The Balaban J connectivity index is 1.84. The fourth-order valence-corrected chi connectivity index (χ4v) is 1.81. The molecule has 2 aromatic rings. The maximum atomic E-state index is 11.4. The Morgan fingerprint density at radius 3 is 2.39 bits per heavy atom. The standard InChI is InChI=1S/C18H17NO4/c20-17(19-12-18(21)22)11-8-14-6-9-16(10-7-14)23-13-15-4-2-1-3-5-15/h1-11H,12-13H2,(H,19,20)(H,21,22). The zero-order valence-corrected chi connectivity index (χ0v) is 12.4. The number of rotatable bonds is 7. The first-order chi connectivity index (χ1) is 11.1. The molecule has 2 rings (SSSR count). The number of carbonyl (C=O) groups excluding carboxylic acids is 1. The van der Waals surface area contributed by atoms with Gasteiger partial charge in [0.05, 0.1) is 0 Å². The molecule has 0 aromatic heterocycles. The molecule has 0 bridgehead atoms. The van der Waals surface area contributed by atoms with Gasteiger partial charge in [-0.15, -0.1) is 0 Å². The molecule has 0 aliphatic carbocycles. The lowest BCUT2D eigenvalue weighted by molar-refractivity contribution is -0.137. The molecule has 2 N–H and O–H groups in total. The second-order valence-corrected chi connectivity index (χ2v) is 4.79. The van der Waals surface area contributed by atoms with Gasteiger partial charge in [0.15, 0.2) is 0 Å². The highest BCUT2D eigenvalue weighted by Crippen LogP contribution is 2.15. The van der Waals surface area contributed by atoms with Crippen LogP contribution in [-0.2, 0) is 16.2 Å². The molecule has 0 unspecified atom stereocenters. The highest BCUT2D eigenvalue weighted by molar-refractivity contribution is 5.93. The molecule has 5 nitrogen and oxygen atoms in total. The summed E-state index contributed by atoms with van der Waals surface area (Å²) in [6.07, 6.45) is 2.90. The van der Waals surface area contributed by atoms with E-state index in [1.807, 2.05) is 54.6 Å². The average Bonchev–Trinajstić information content (AvgIpc) is 2.58. The molecule has 0 aliphatic rings. The first-order valence-electron chi connectivity index (χ1n) is 7.08. The Labute approximate surface area is 134 Å². The molecule has 0 spiro atoms. The van der Waals surface area contributed by atoms with Crippen molar-refractivity contribution in [1.82, 2.24) is 5.32 Å². The molecule has 2 aromatic carbocycles. The number of carbonyl (C=O) groups is 2. The van der Waals surface area contributed by atoms with Crippen molar-refractivity contribution in [3.8, 4) is 5.75 Å². The van der Waals surface area contributed by atoms with Crippen LogP contribution >= 0.6 is 0 Å². The summed E-state index contributed by atoms with van der Waals surface area (Å²) >= 11 is 0. The van der Waals surface area contributed by atoms with Crippen LogP contribution in [0.3, 0.4) is 0 Å². The molecule has 5 heteroatoms. The Morgan fingerprint density at radius 2 is 1.74 bits per heavy atom. The zero-order valence-electron chi connectivity index (χ0n) is 12.4. The van der Waals surface area contributed by atoms with E-state index >= 15 is 0 Å². The van der Waals surface area contributed by atoms with Crippen LogP contribution in [-0.4, -0.2) is 23.5 Å². The van der Waals surface area contributed by atoms with Crippen molar-refractivity contribution in [1.29, 1.82) is 0 Å². The van der Waals surface area contributed by atoms with Gasteiger partial charge >= 0.3 is 5.97 Å². The van der Waals surface area contributed by atoms with E-state index in [0.717, 1.165) is 16.9 Å². The van der Waals surface area contributed by atoms with Crippen LogP contribution in [0.15, 0.2) is 60.7 Å². The molecular weight excluding hydrogens is 294 g/mol. The van der Waals surface area contributed by atoms with Gasteiger partial charge in [-0.3, -0.25) is 9.59 Å². The van der Waals surface area contributed by atoms with Gasteiger partial charge in [-0.1, -0.05) is 42.5 Å². The Bertz CT molecular complexity index is 678. The van der Waals surface area contributed by atoms with Gasteiger partial charge < -0.3 is 15.2 Å². The van der Waals surface area contributed by atoms with Crippen LogP contribution in [0.2, 0.25) is 0 Å². The lowest BCUT2D eigenvalue weighted by Crippen LogP contribution is -2.27. The smallest absolute Gasteiger partial charge is 0.322 e. The van der Waals surface area contributed by atoms with E-state index in [4.69, 9.17) is 9.84 Å². The zero-order chi connectivity index (χ0) is 16.5. The molecule has 1 amide bonds. The third-order valence-electron chi connectivity index (χ3n) is 2.97. The second kappa shape index (κ2) is 8.38. The number of hydrogen-bond donors (Lipinski definition) is 2. The lowest BCUT2D eigenvalue weighted by Gasteiger charge is -2.06. The fraction of sp³-hybridized carbons (Fsp3) is 0.111. The van der Waals surface area contributed by atoms with Gasteiger partial charge in [-0.2, -0.15) is 0 Å². The fourth-order valence-electron chi connectivity index (χ4n) is 1.81. The summed E-state index contributed by atoms with van der Waals surface area (Å²) in [6, 6.07) is 17.1. The van der Waals surface area contributed by atoms with E-state index in [0.29, 0.717) is 6.61 Å². The first-order valence-corrected chi connectivity index (χ1v) is 7.08. The maximum absolute atomic E-state index is 11.4. The van der Waals surface area contributed by atoms with E-state index in [9.17, 15) is 9.59 Å². The molecule has 23 heavy (non-hydrogen) atoms. The Hall–Kier alpha value is -3.08. The van der Waals surface area contributed by atoms with Gasteiger partial charge in [0.2, 0.25) is 5.91 Å². The predicted octanol–water partition coefficient (Wildman–Crippen LogP) is 2.48. The third kappa shape index (κ3) is 6.05. The van der Waals surface area contributed by atoms with E-state index in [-0.39, 0.29) is 0 Å². The van der Waals surface area contributed by atoms with Gasteiger partial charge in [-0.25, -0.2) is 0 Å². The number of hydrogen-bond acceptors (Lipinski definition) is 3. The second-order valence-electron chi connectivity index (χ2n) is 4.79. The summed E-state index contributed by atoms with van der Waals surface area (Å²) in [7, 11) is 0. The summed E-state index contributed by atoms with van der Waals surface area (Å²) in [6.45, 7) is 0.100. The van der Waals surface area contributed by atoms with Crippen molar-refractivity contribution in [2.75, 3.05) is 6.54 Å². The SMILES string of the molecule is O=C(O)CNC(=O)C=Cc1ccc(OCc2ccccc2)cc1. The van der Waals surface area contributed by atoms with Crippen molar-refractivity contribution in [3.05, 3.63) is 71.8 Å². The molecular formula is C18H17NO4. The first kappa shape index (κ1) is 16.3. The van der Waals surface area contributed by atoms with Crippen molar-refractivity contribution in [3.63, 3.8) is 0 Å². The van der Waals surface area contributed by atoms with Crippen molar-refractivity contribution >= 4 is 18.0 Å². The maximum Gasteiger partial charge on any atom is 0.322 e. The molecule has 0 radical (unpaired) electrons. The molecule has 0 aliphatic heterocycles. The van der Waals surface area contributed by atoms with Gasteiger partial charge in [0, 0.05) is 6.08 Å².